The topological polar surface area (TPSA) is 78.5 Å². The first-order valence-electron chi connectivity index (χ1n) is 11.0. The molecule has 0 unspecified atom stereocenters. The van der Waals surface area contributed by atoms with E-state index in [2.05, 4.69) is 15.0 Å². The number of benzene rings is 2. The van der Waals surface area contributed by atoms with Crippen LogP contribution in [-0.2, 0) is 9.47 Å². The third-order valence-corrected chi connectivity index (χ3v) is 6.47. The summed E-state index contributed by atoms with van der Waals surface area (Å²) in [6.07, 6.45) is 0.690. The van der Waals surface area contributed by atoms with Gasteiger partial charge >= 0.3 is 0 Å². The van der Waals surface area contributed by atoms with Crippen LogP contribution in [0.15, 0.2) is 48.5 Å². The van der Waals surface area contributed by atoms with Crippen molar-refractivity contribution in [2.24, 2.45) is 0 Å². The number of fused-ring (bicyclic) bond motifs is 2. The van der Waals surface area contributed by atoms with Gasteiger partial charge in [-0.3, -0.25) is 0 Å². The lowest BCUT2D eigenvalue weighted by Gasteiger charge is -2.15. The van der Waals surface area contributed by atoms with Crippen LogP contribution in [0.3, 0.4) is 0 Å². The van der Waals surface area contributed by atoms with Crippen LogP contribution in [0.2, 0.25) is 5.02 Å². The highest BCUT2D eigenvalue weighted by atomic mass is 35.5. The van der Waals surface area contributed by atoms with Crippen molar-refractivity contribution in [3.05, 3.63) is 59.4 Å². The number of rotatable bonds is 5. The van der Waals surface area contributed by atoms with Gasteiger partial charge in [0, 0.05) is 18.2 Å². The zero-order valence-electron chi connectivity index (χ0n) is 18.3. The Morgan fingerprint density at radius 3 is 2.68 bits per heavy atom. The Bertz CT molecular complexity index is 1360. The van der Waals surface area contributed by atoms with Gasteiger partial charge in [0.05, 0.1) is 36.1 Å². The van der Waals surface area contributed by atoms with Gasteiger partial charge in [-0.05, 0) is 35.7 Å². The number of methoxy groups -OCH3 is 1. The summed E-state index contributed by atoms with van der Waals surface area (Å²) >= 11 is 6.55. The highest BCUT2D eigenvalue weighted by Crippen LogP contribution is 2.33. The van der Waals surface area contributed by atoms with Crippen molar-refractivity contribution in [2.75, 3.05) is 20.3 Å². The van der Waals surface area contributed by atoms with Crippen LogP contribution in [0.4, 0.5) is 4.39 Å². The normalized spacial score (nSPS) is 21.7. The van der Waals surface area contributed by atoms with Gasteiger partial charge in [-0.15, -0.1) is 0 Å². The average molecular weight is 482 g/mol. The van der Waals surface area contributed by atoms with Crippen molar-refractivity contribution in [3.8, 4) is 34.1 Å². The molecule has 2 saturated heterocycles. The molecule has 9 heteroatoms. The minimum absolute atomic E-state index is 0.0723. The number of aromatic amines is 1. The maximum Gasteiger partial charge on any atom is 0.296 e. The van der Waals surface area contributed by atoms with E-state index in [-0.39, 0.29) is 24.1 Å². The van der Waals surface area contributed by atoms with Crippen molar-refractivity contribution >= 4 is 22.8 Å². The molecule has 0 amide bonds. The number of nitrogens with zero attached hydrogens (tertiary/aromatic N) is 2. The zero-order valence-corrected chi connectivity index (χ0v) is 19.0. The minimum atomic E-state index is -0.357. The molecule has 6 rings (SSSR count). The van der Waals surface area contributed by atoms with Gasteiger partial charge in [0.2, 0.25) is 0 Å². The van der Waals surface area contributed by atoms with Crippen molar-refractivity contribution in [1.29, 1.82) is 0 Å². The lowest BCUT2D eigenvalue weighted by atomic mass is 10.0. The van der Waals surface area contributed by atoms with Crippen molar-refractivity contribution in [3.63, 3.8) is 0 Å². The van der Waals surface area contributed by atoms with Crippen LogP contribution in [0.1, 0.15) is 6.42 Å². The molecule has 0 aliphatic carbocycles. The molecule has 2 fully saturated rings. The van der Waals surface area contributed by atoms with Gasteiger partial charge in [-0.25, -0.2) is 9.37 Å². The highest BCUT2D eigenvalue weighted by Gasteiger charge is 2.43. The average Bonchev–Trinajstić information content (AvgIpc) is 3.55. The van der Waals surface area contributed by atoms with E-state index in [1.54, 1.807) is 12.1 Å². The van der Waals surface area contributed by atoms with Gasteiger partial charge in [0.25, 0.3) is 6.01 Å². The molecule has 2 aromatic carbocycles. The number of halogens is 2. The molecule has 1 N–H and O–H groups in total. The molecule has 2 aliphatic heterocycles. The number of ether oxygens (including phenoxy) is 4. The lowest BCUT2D eigenvalue weighted by Crippen LogP contribution is -2.32. The monoisotopic (exact) mass is 481 g/mol. The number of nitrogens with one attached hydrogen (secondary N) is 1. The van der Waals surface area contributed by atoms with Crippen molar-refractivity contribution in [1.82, 2.24) is 15.0 Å². The standard InChI is InChI=1S/C25H21ClFN3O4/c1-31-17-9-15(8-16(27)10-17)13-2-4-14(5-3-13)22-18(26)11-19-24(29-22)30-25(28-19)34-21-12-33-20-6-7-32-23(20)21/h2-5,8-11,20-21,23H,6-7,12H2,1H3,(H,28,29,30)/t20-,21-,23+/m1/s1. The van der Waals surface area contributed by atoms with Crippen LogP contribution >= 0.6 is 11.6 Å². The van der Waals surface area contributed by atoms with E-state index in [1.165, 1.54) is 19.2 Å². The third-order valence-electron chi connectivity index (χ3n) is 6.19. The minimum Gasteiger partial charge on any atom is -0.497 e. The number of H-pyrrole nitrogens is 1. The van der Waals surface area contributed by atoms with Crippen LogP contribution in [0.25, 0.3) is 33.5 Å². The highest BCUT2D eigenvalue weighted by molar-refractivity contribution is 6.33. The molecule has 174 valence electrons. The molecule has 0 spiro atoms. The molecule has 2 aliphatic rings. The second-order valence-corrected chi connectivity index (χ2v) is 8.75. The SMILES string of the molecule is COc1cc(F)cc(-c2ccc(-c3nc4nc(O[C@@H]5CO[C@@H]6CCO[C@@H]65)[nH]c4cc3Cl)cc2)c1. The number of hydrogen-bond acceptors (Lipinski definition) is 6. The van der Waals surface area contributed by atoms with Gasteiger partial charge < -0.3 is 23.9 Å². The fourth-order valence-electron chi connectivity index (χ4n) is 4.50. The molecule has 0 bridgehead atoms. The lowest BCUT2D eigenvalue weighted by molar-refractivity contribution is 0.0273. The molecular weight excluding hydrogens is 461 g/mol. The predicted molar refractivity (Wildman–Crippen MR) is 125 cm³/mol. The summed E-state index contributed by atoms with van der Waals surface area (Å²) in [5.74, 6) is 0.106. The molecule has 4 heterocycles. The van der Waals surface area contributed by atoms with E-state index in [9.17, 15) is 4.39 Å². The van der Waals surface area contributed by atoms with E-state index in [1.807, 2.05) is 24.3 Å². The van der Waals surface area contributed by atoms with E-state index in [0.717, 1.165) is 23.1 Å². The number of hydrogen-bond donors (Lipinski definition) is 1. The molecular formula is C25H21ClFN3O4. The van der Waals surface area contributed by atoms with Gasteiger partial charge in [-0.1, -0.05) is 35.9 Å². The molecule has 7 nitrogen and oxygen atoms in total. The van der Waals surface area contributed by atoms with Crippen LogP contribution in [-0.4, -0.2) is 53.6 Å². The van der Waals surface area contributed by atoms with Crippen LogP contribution in [0.5, 0.6) is 11.8 Å². The van der Waals surface area contributed by atoms with E-state index >= 15 is 0 Å². The molecule has 0 saturated carbocycles. The van der Waals surface area contributed by atoms with Gasteiger partial charge in [-0.2, -0.15) is 4.98 Å². The Balaban J connectivity index is 1.27. The smallest absolute Gasteiger partial charge is 0.296 e. The van der Waals surface area contributed by atoms with Crippen LogP contribution < -0.4 is 9.47 Å². The fraction of sp³-hybridized carbons (Fsp3) is 0.280. The first kappa shape index (κ1) is 21.3. The molecule has 2 aromatic heterocycles. The summed E-state index contributed by atoms with van der Waals surface area (Å²) < 4.78 is 36.6. The maximum atomic E-state index is 13.9. The van der Waals surface area contributed by atoms with E-state index in [4.69, 9.17) is 30.5 Å². The Morgan fingerprint density at radius 1 is 1.03 bits per heavy atom. The molecule has 0 radical (unpaired) electrons. The van der Waals surface area contributed by atoms with Gasteiger partial charge in [0.1, 0.15) is 17.7 Å². The summed E-state index contributed by atoms with van der Waals surface area (Å²) in [7, 11) is 1.51. The van der Waals surface area contributed by atoms with Crippen molar-refractivity contribution < 1.29 is 23.3 Å². The number of imidazole rings is 1. The Kier molecular flexibility index (Phi) is 5.36. The second kappa shape index (κ2) is 8.54. The second-order valence-electron chi connectivity index (χ2n) is 8.34. The van der Waals surface area contributed by atoms with Gasteiger partial charge in [0.15, 0.2) is 11.8 Å². The number of aromatic nitrogens is 3. The summed E-state index contributed by atoms with van der Waals surface area (Å²) in [5.41, 5.74) is 4.15. The summed E-state index contributed by atoms with van der Waals surface area (Å²) in [5, 5.41) is 0.478. The molecule has 3 atom stereocenters. The quantitative estimate of drug-likeness (QED) is 0.431. The first-order chi connectivity index (χ1) is 16.6. The van der Waals surface area contributed by atoms with Crippen molar-refractivity contribution in [2.45, 2.75) is 24.7 Å². The fourth-order valence-corrected chi connectivity index (χ4v) is 4.76. The van der Waals surface area contributed by atoms with E-state index in [0.29, 0.717) is 46.9 Å². The Labute approximate surface area is 199 Å². The predicted octanol–water partition coefficient (Wildman–Crippen LogP) is 5.03. The number of pyridine rings is 1. The summed E-state index contributed by atoms with van der Waals surface area (Å²) in [6, 6.07) is 14.3. The first-order valence-corrected chi connectivity index (χ1v) is 11.4. The maximum absolute atomic E-state index is 13.9. The zero-order chi connectivity index (χ0) is 23.2. The Morgan fingerprint density at radius 2 is 1.85 bits per heavy atom. The largest absolute Gasteiger partial charge is 0.497 e. The molecule has 34 heavy (non-hydrogen) atoms. The Hall–Kier alpha value is -3.20. The van der Waals surface area contributed by atoms with E-state index < -0.39 is 0 Å². The van der Waals surface area contributed by atoms with Crippen LogP contribution in [0, 0.1) is 5.82 Å². The summed E-state index contributed by atoms with van der Waals surface area (Å²) in [4.78, 5) is 12.3. The summed E-state index contributed by atoms with van der Waals surface area (Å²) in [6.45, 7) is 1.15. The third kappa shape index (κ3) is 3.87. The molecule has 4 aromatic rings.